The summed E-state index contributed by atoms with van der Waals surface area (Å²) in [6.45, 7) is 3.39. The van der Waals surface area contributed by atoms with Gasteiger partial charge in [-0.25, -0.2) is 10.2 Å². The van der Waals surface area contributed by atoms with Crippen molar-refractivity contribution in [3.63, 3.8) is 0 Å². The predicted molar refractivity (Wildman–Crippen MR) is 71.5 cm³/mol. The van der Waals surface area contributed by atoms with Crippen molar-refractivity contribution in [2.24, 2.45) is 11.0 Å². The Morgan fingerprint density at radius 2 is 1.83 bits per heavy atom. The van der Waals surface area contributed by atoms with E-state index in [2.05, 4.69) is 26.5 Å². The summed E-state index contributed by atoms with van der Waals surface area (Å²) in [7, 11) is 0. The van der Waals surface area contributed by atoms with Crippen LogP contribution >= 0.6 is 15.9 Å². The van der Waals surface area contributed by atoms with Crippen molar-refractivity contribution >= 4 is 33.5 Å². The van der Waals surface area contributed by atoms with Crippen molar-refractivity contribution in [3.05, 3.63) is 34.3 Å². The zero-order valence-electron chi connectivity index (χ0n) is 9.98. The fraction of sp³-hybridized carbons (Fsp3) is 0.250. The maximum atomic E-state index is 11.7. The Morgan fingerprint density at radius 3 is 2.28 bits per heavy atom. The number of carbonyl (C=O) groups excluding carboxylic acids is 1. The highest BCUT2D eigenvalue weighted by Crippen LogP contribution is 2.10. The summed E-state index contributed by atoms with van der Waals surface area (Å²) < 4.78 is 0.857. The zero-order valence-corrected chi connectivity index (χ0v) is 11.6. The van der Waals surface area contributed by atoms with Crippen molar-refractivity contribution in [1.29, 1.82) is 0 Å². The molecule has 0 fully saturated rings. The van der Waals surface area contributed by atoms with E-state index in [0.29, 0.717) is 5.56 Å². The van der Waals surface area contributed by atoms with Crippen LogP contribution in [0.2, 0.25) is 0 Å². The highest BCUT2D eigenvalue weighted by Gasteiger charge is 2.14. The largest absolute Gasteiger partial charge is 0.477 e. The maximum absolute atomic E-state index is 11.7. The molecule has 1 aromatic rings. The maximum Gasteiger partial charge on any atom is 0.352 e. The topological polar surface area (TPSA) is 78.8 Å². The molecular formula is C12H13BrN2O3. The molecule has 0 aliphatic rings. The molecule has 1 amide bonds. The summed E-state index contributed by atoms with van der Waals surface area (Å²) in [6, 6.07) is 6.67. The molecule has 0 aromatic heterocycles. The number of amides is 1. The number of carboxylic acids is 1. The van der Waals surface area contributed by atoms with E-state index in [1.165, 1.54) is 0 Å². The van der Waals surface area contributed by atoms with Crippen molar-refractivity contribution in [3.8, 4) is 0 Å². The van der Waals surface area contributed by atoms with E-state index in [1.807, 2.05) is 0 Å². The highest BCUT2D eigenvalue weighted by atomic mass is 79.9. The van der Waals surface area contributed by atoms with Gasteiger partial charge >= 0.3 is 5.97 Å². The van der Waals surface area contributed by atoms with E-state index < -0.39 is 11.9 Å². The van der Waals surface area contributed by atoms with Crippen LogP contribution in [0, 0.1) is 5.92 Å². The van der Waals surface area contributed by atoms with E-state index in [0.717, 1.165) is 4.47 Å². The third-order valence-electron chi connectivity index (χ3n) is 2.15. The Balaban J connectivity index is 2.79. The second-order valence-electron chi connectivity index (χ2n) is 3.90. The standard InChI is InChI=1S/C12H13BrN2O3/c1-7(2)10(12(17)18)14-15-11(16)8-3-5-9(13)6-4-8/h3-7H,1-2H3,(H,15,16)(H,17,18). The molecule has 0 unspecified atom stereocenters. The summed E-state index contributed by atoms with van der Waals surface area (Å²) in [6.07, 6.45) is 0. The third kappa shape index (κ3) is 3.96. The number of benzene rings is 1. The monoisotopic (exact) mass is 312 g/mol. The van der Waals surface area contributed by atoms with Gasteiger partial charge in [-0.2, -0.15) is 5.10 Å². The molecule has 6 heteroatoms. The number of halogens is 1. The van der Waals surface area contributed by atoms with Crippen molar-refractivity contribution in [2.45, 2.75) is 13.8 Å². The number of rotatable bonds is 4. The molecule has 0 bridgehead atoms. The lowest BCUT2D eigenvalue weighted by Gasteiger charge is -2.05. The Bertz CT molecular complexity index is 481. The number of hydrazone groups is 1. The van der Waals surface area contributed by atoms with E-state index in [1.54, 1.807) is 38.1 Å². The average Bonchev–Trinajstić information content (AvgIpc) is 2.28. The van der Waals surface area contributed by atoms with Gasteiger partial charge in [0, 0.05) is 16.0 Å². The van der Waals surface area contributed by atoms with E-state index in [-0.39, 0.29) is 11.6 Å². The molecule has 0 aliphatic heterocycles. The number of nitrogens with one attached hydrogen (secondary N) is 1. The van der Waals surface area contributed by atoms with Gasteiger partial charge in [0.1, 0.15) is 5.71 Å². The van der Waals surface area contributed by atoms with Gasteiger partial charge in [0.05, 0.1) is 0 Å². The first kappa shape index (κ1) is 14.4. The minimum Gasteiger partial charge on any atom is -0.477 e. The van der Waals surface area contributed by atoms with Crippen LogP contribution in [0.25, 0.3) is 0 Å². The molecule has 5 nitrogen and oxygen atoms in total. The molecule has 0 saturated heterocycles. The van der Waals surface area contributed by atoms with Crippen molar-refractivity contribution < 1.29 is 14.7 Å². The van der Waals surface area contributed by atoms with Gasteiger partial charge in [0.2, 0.25) is 0 Å². The minimum atomic E-state index is -1.14. The molecule has 0 saturated carbocycles. The molecular weight excluding hydrogens is 300 g/mol. The number of nitrogens with zero attached hydrogens (tertiary/aromatic N) is 1. The number of carboxylic acid groups (broad SMARTS) is 1. The average molecular weight is 313 g/mol. The van der Waals surface area contributed by atoms with Crippen molar-refractivity contribution in [1.82, 2.24) is 5.43 Å². The molecule has 0 spiro atoms. The quantitative estimate of drug-likeness (QED) is 0.661. The van der Waals surface area contributed by atoms with Crippen LogP contribution in [0.5, 0.6) is 0 Å². The molecule has 0 heterocycles. The Hall–Kier alpha value is -1.69. The summed E-state index contributed by atoms with van der Waals surface area (Å²) in [5.41, 5.74) is 2.56. The first-order valence-electron chi connectivity index (χ1n) is 5.28. The SMILES string of the molecule is CC(C)C(=NNC(=O)c1ccc(Br)cc1)C(=O)O. The summed E-state index contributed by atoms with van der Waals surface area (Å²) in [4.78, 5) is 22.5. The molecule has 18 heavy (non-hydrogen) atoms. The summed E-state index contributed by atoms with van der Waals surface area (Å²) in [5, 5.41) is 12.5. The van der Waals surface area contributed by atoms with Gasteiger partial charge in [0.15, 0.2) is 0 Å². The second-order valence-corrected chi connectivity index (χ2v) is 4.82. The Morgan fingerprint density at radius 1 is 1.28 bits per heavy atom. The highest BCUT2D eigenvalue weighted by molar-refractivity contribution is 9.10. The van der Waals surface area contributed by atoms with E-state index in [9.17, 15) is 9.59 Å². The van der Waals surface area contributed by atoms with Gasteiger partial charge in [-0.15, -0.1) is 0 Å². The Kier molecular flexibility index (Phi) is 5.03. The second kappa shape index (κ2) is 6.30. The fourth-order valence-corrected chi connectivity index (χ4v) is 1.47. The van der Waals surface area contributed by atoms with E-state index in [4.69, 9.17) is 5.11 Å². The van der Waals surface area contributed by atoms with Gasteiger partial charge in [-0.3, -0.25) is 4.79 Å². The van der Waals surface area contributed by atoms with Gasteiger partial charge in [-0.1, -0.05) is 29.8 Å². The van der Waals surface area contributed by atoms with Crippen LogP contribution in [-0.4, -0.2) is 22.7 Å². The van der Waals surface area contributed by atoms with Crippen LogP contribution in [-0.2, 0) is 4.79 Å². The van der Waals surface area contributed by atoms with E-state index >= 15 is 0 Å². The van der Waals surface area contributed by atoms with Crippen LogP contribution in [0.15, 0.2) is 33.8 Å². The number of carbonyl (C=O) groups is 2. The summed E-state index contributed by atoms with van der Waals surface area (Å²) >= 11 is 3.26. The first-order chi connectivity index (χ1) is 8.41. The Labute approximate surface area is 113 Å². The first-order valence-corrected chi connectivity index (χ1v) is 6.08. The summed E-state index contributed by atoms with van der Waals surface area (Å²) in [5.74, 6) is -1.85. The van der Waals surface area contributed by atoms with Gasteiger partial charge in [0.25, 0.3) is 5.91 Å². The van der Waals surface area contributed by atoms with Crippen LogP contribution in [0.3, 0.4) is 0 Å². The normalized spacial score (nSPS) is 11.4. The molecule has 2 N–H and O–H groups in total. The number of aliphatic carboxylic acids is 1. The predicted octanol–water partition coefficient (Wildman–Crippen LogP) is 2.28. The lowest BCUT2D eigenvalue weighted by Crippen LogP contribution is -2.26. The molecule has 1 rings (SSSR count). The van der Waals surface area contributed by atoms with Crippen LogP contribution < -0.4 is 5.43 Å². The zero-order chi connectivity index (χ0) is 13.7. The number of hydrogen-bond donors (Lipinski definition) is 2. The van der Waals surface area contributed by atoms with Gasteiger partial charge in [-0.05, 0) is 24.3 Å². The lowest BCUT2D eigenvalue weighted by molar-refractivity contribution is -0.129. The smallest absolute Gasteiger partial charge is 0.352 e. The molecule has 1 aromatic carbocycles. The molecule has 96 valence electrons. The molecule has 0 atom stereocenters. The number of hydrogen-bond acceptors (Lipinski definition) is 3. The van der Waals surface area contributed by atoms with Crippen molar-refractivity contribution in [2.75, 3.05) is 0 Å². The molecule has 0 radical (unpaired) electrons. The van der Waals surface area contributed by atoms with Crippen LogP contribution in [0.4, 0.5) is 0 Å². The third-order valence-corrected chi connectivity index (χ3v) is 2.68. The molecule has 0 aliphatic carbocycles. The van der Waals surface area contributed by atoms with Gasteiger partial charge < -0.3 is 5.11 Å². The minimum absolute atomic E-state index is 0.0829. The van der Waals surface area contributed by atoms with Crippen LogP contribution in [0.1, 0.15) is 24.2 Å². The fourth-order valence-electron chi connectivity index (χ4n) is 1.20. The lowest BCUT2D eigenvalue weighted by atomic mass is 10.1.